The second kappa shape index (κ2) is 4.74. The molecule has 4 heteroatoms. The number of hydrogen-bond donors (Lipinski definition) is 1. The quantitative estimate of drug-likeness (QED) is 0.880. The molecule has 2 N–H and O–H groups in total. The number of benzene rings is 1. The van der Waals surface area contributed by atoms with E-state index >= 15 is 0 Å². The molecule has 2 rings (SSSR count). The van der Waals surface area contributed by atoms with Crippen LogP contribution in [-0.2, 0) is 0 Å². The molecule has 4 nitrogen and oxygen atoms in total. The van der Waals surface area contributed by atoms with E-state index in [4.69, 9.17) is 15.2 Å². The van der Waals surface area contributed by atoms with Crippen LogP contribution >= 0.6 is 0 Å². The molecule has 88 valence electrons. The van der Waals surface area contributed by atoms with Crippen molar-refractivity contribution < 1.29 is 9.47 Å². The smallest absolute Gasteiger partial charge is 0.243 e. The van der Waals surface area contributed by atoms with Crippen molar-refractivity contribution in [3.05, 3.63) is 42.1 Å². The molecule has 0 saturated heterocycles. The summed E-state index contributed by atoms with van der Waals surface area (Å²) >= 11 is 0. The monoisotopic (exact) mass is 230 g/mol. The Morgan fingerprint density at radius 3 is 2.47 bits per heavy atom. The predicted octanol–water partition coefficient (Wildman–Crippen LogP) is 2.77. The Bertz CT molecular complexity index is 527. The molecule has 0 bridgehead atoms. The molecular weight excluding hydrogens is 216 g/mol. The number of hydrogen-bond acceptors (Lipinski definition) is 4. The lowest BCUT2D eigenvalue weighted by Crippen LogP contribution is -1.97. The Morgan fingerprint density at radius 2 is 1.76 bits per heavy atom. The molecule has 0 fully saturated rings. The minimum atomic E-state index is 0.398. The van der Waals surface area contributed by atoms with Gasteiger partial charge in [-0.1, -0.05) is 12.1 Å². The molecule has 0 unspecified atom stereocenters. The van der Waals surface area contributed by atoms with Crippen molar-refractivity contribution in [2.24, 2.45) is 0 Å². The van der Waals surface area contributed by atoms with Gasteiger partial charge in [0.25, 0.3) is 0 Å². The fraction of sp³-hybridized carbons (Fsp3) is 0.154. The predicted molar refractivity (Wildman–Crippen MR) is 66.5 cm³/mol. The third kappa shape index (κ3) is 2.47. The maximum absolute atomic E-state index is 5.80. The van der Waals surface area contributed by atoms with E-state index in [9.17, 15) is 0 Å². The first kappa shape index (κ1) is 11.3. The first-order valence-electron chi connectivity index (χ1n) is 5.24. The van der Waals surface area contributed by atoms with Crippen LogP contribution in [0.3, 0.4) is 0 Å². The molecule has 0 radical (unpaired) electrons. The van der Waals surface area contributed by atoms with Gasteiger partial charge in [-0.25, -0.2) is 4.98 Å². The van der Waals surface area contributed by atoms with Gasteiger partial charge < -0.3 is 15.2 Å². The van der Waals surface area contributed by atoms with E-state index in [1.807, 2.05) is 37.3 Å². The summed E-state index contributed by atoms with van der Waals surface area (Å²) < 4.78 is 10.8. The average Bonchev–Trinajstić information content (AvgIpc) is 2.34. The highest BCUT2D eigenvalue weighted by molar-refractivity contribution is 5.51. The highest BCUT2D eigenvalue weighted by Crippen LogP contribution is 2.32. The summed E-state index contributed by atoms with van der Waals surface area (Å²) in [4.78, 5) is 4.24. The minimum absolute atomic E-state index is 0.398. The second-order valence-electron chi connectivity index (χ2n) is 3.60. The first-order chi connectivity index (χ1) is 8.20. The van der Waals surface area contributed by atoms with E-state index in [1.54, 1.807) is 13.2 Å². The van der Waals surface area contributed by atoms with Gasteiger partial charge in [0.05, 0.1) is 12.8 Å². The number of para-hydroxylation sites is 2. The van der Waals surface area contributed by atoms with Crippen molar-refractivity contribution in [1.82, 2.24) is 4.98 Å². The normalized spacial score (nSPS) is 10.0. The second-order valence-corrected chi connectivity index (χ2v) is 3.60. The molecule has 0 saturated carbocycles. The minimum Gasteiger partial charge on any atom is -0.493 e. The van der Waals surface area contributed by atoms with Gasteiger partial charge in [-0.05, 0) is 31.2 Å². The zero-order valence-corrected chi connectivity index (χ0v) is 9.81. The number of aromatic nitrogens is 1. The van der Waals surface area contributed by atoms with Crippen molar-refractivity contribution in [2.45, 2.75) is 6.92 Å². The molecule has 0 aliphatic carbocycles. The molecule has 0 aliphatic heterocycles. The molecule has 17 heavy (non-hydrogen) atoms. The number of anilines is 1. The summed E-state index contributed by atoms with van der Waals surface area (Å²) in [6.07, 6.45) is 0. The fourth-order valence-corrected chi connectivity index (χ4v) is 1.43. The fourth-order valence-electron chi connectivity index (χ4n) is 1.43. The molecular formula is C13H14N2O2. The molecule has 1 aromatic carbocycles. The molecule has 1 aromatic heterocycles. The number of nitrogen functional groups attached to an aromatic ring is 1. The summed E-state index contributed by atoms with van der Waals surface area (Å²) in [7, 11) is 1.59. The summed E-state index contributed by atoms with van der Waals surface area (Å²) in [6, 6.07) is 11.0. The van der Waals surface area contributed by atoms with Crippen LogP contribution in [0.2, 0.25) is 0 Å². The van der Waals surface area contributed by atoms with Gasteiger partial charge in [-0.15, -0.1) is 0 Å². The molecule has 0 atom stereocenters. The summed E-state index contributed by atoms with van der Waals surface area (Å²) in [6.45, 7) is 1.88. The zero-order valence-electron chi connectivity index (χ0n) is 9.81. The maximum Gasteiger partial charge on any atom is 0.243 e. The highest BCUT2D eigenvalue weighted by atomic mass is 16.5. The Hall–Kier alpha value is -2.23. The lowest BCUT2D eigenvalue weighted by Gasteiger charge is -2.10. The van der Waals surface area contributed by atoms with Crippen molar-refractivity contribution in [1.29, 1.82) is 0 Å². The van der Waals surface area contributed by atoms with Gasteiger partial charge in [0.15, 0.2) is 11.5 Å². The number of nitrogens with zero attached hydrogens (tertiary/aromatic N) is 1. The van der Waals surface area contributed by atoms with E-state index in [1.165, 1.54) is 0 Å². The Labute approximate surface area is 100 Å². The third-order valence-corrected chi connectivity index (χ3v) is 2.30. The van der Waals surface area contributed by atoms with Gasteiger partial charge in [0.1, 0.15) is 0 Å². The van der Waals surface area contributed by atoms with Gasteiger partial charge in [-0.3, -0.25) is 0 Å². The number of aryl methyl sites for hydroxylation is 1. The Balaban J connectivity index is 2.34. The number of rotatable bonds is 3. The van der Waals surface area contributed by atoms with Gasteiger partial charge in [0, 0.05) is 5.69 Å². The highest BCUT2D eigenvalue weighted by Gasteiger charge is 2.08. The van der Waals surface area contributed by atoms with E-state index < -0.39 is 0 Å². The van der Waals surface area contributed by atoms with Gasteiger partial charge in [-0.2, -0.15) is 0 Å². The van der Waals surface area contributed by atoms with E-state index in [-0.39, 0.29) is 0 Å². The first-order valence-corrected chi connectivity index (χ1v) is 5.24. The summed E-state index contributed by atoms with van der Waals surface area (Å²) in [5.41, 5.74) is 7.15. The van der Waals surface area contributed by atoms with Crippen molar-refractivity contribution in [2.75, 3.05) is 12.8 Å². The van der Waals surface area contributed by atoms with Gasteiger partial charge >= 0.3 is 0 Å². The zero-order chi connectivity index (χ0) is 12.3. The molecule has 0 spiro atoms. The Kier molecular flexibility index (Phi) is 3.14. The summed E-state index contributed by atoms with van der Waals surface area (Å²) in [5.74, 6) is 1.64. The van der Waals surface area contributed by atoms with Crippen LogP contribution in [0.25, 0.3) is 0 Å². The number of nitrogens with two attached hydrogens (primary N) is 1. The van der Waals surface area contributed by atoms with Crippen LogP contribution in [0.4, 0.5) is 5.69 Å². The topological polar surface area (TPSA) is 57.4 Å². The van der Waals surface area contributed by atoms with Crippen molar-refractivity contribution in [3.8, 4) is 17.4 Å². The lowest BCUT2D eigenvalue weighted by atomic mass is 10.3. The average molecular weight is 230 g/mol. The molecule has 0 amide bonds. The molecule has 1 heterocycles. The van der Waals surface area contributed by atoms with Crippen LogP contribution in [0.15, 0.2) is 36.4 Å². The van der Waals surface area contributed by atoms with Crippen LogP contribution in [0.1, 0.15) is 5.69 Å². The Morgan fingerprint density at radius 1 is 1.06 bits per heavy atom. The molecule has 0 aliphatic rings. The van der Waals surface area contributed by atoms with Crippen LogP contribution < -0.4 is 15.2 Å². The summed E-state index contributed by atoms with van der Waals surface area (Å²) in [5, 5.41) is 0. The number of ether oxygens (including phenoxy) is 2. The van der Waals surface area contributed by atoms with E-state index in [0.29, 0.717) is 23.1 Å². The number of methoxy groups -OCH3 is 1. The lowest BCUT2D eigenvalue weighted by molar-refractivity contribution is 0.374. The van der Waals surface area contributed by atoms with Crippen LogP contribution in [0.5, 0.6) is 17.4 Å². The van der Waals surface area contributed by atoms with Crippen LogP contribution in [-0.4, -0.2) is 12.1 Å². The third-order valence-electron chi connectivity index (χ3n) is 2.30. The van der Waals surface area contributed by atoms with Crippen LogP contribution in [0, 0.1) is 6.92 Å². The number of pyridine rings is 1. The maximum atomic E-state index is 5.80. The standard InChI is InChI=1S/C13H14N2O2/c1-9-7-8-10(14)13(15-9)17-12-6-4-3-5-11(12)16-2/h3-8H,14H2,1-2H3. The van der Waals surface area contributed by atoms with Crippen molar-refractivity contribution >= 4 is 5.69 Å². The van der Waals surface area contributed by atoms with E-state index in [2.05, 4.69) is 4.98 Å². The van der Waals surface area contributed by atoms with E-state index in [0.717, 1.165) is 5.69 Å². The SMILES string of the molecule is COc1ccccc1Oc1nc(C)ccc1N. The van der Waals surface area contributed by atoms with Crippen molar-refractivity contribution in [3.63, 3.8) is 0 Å². The largest absolute Gasteiger partial charge is 0.493 e. The van der Waals surface area contributed by atoms with Gasteiger partial charge in [0.2, 0.25) is 5.88 Å². The molecule has 2 aromatic rings.